The van der Waals surface area contributed by atoms with E-state index >= 15 is 0 Å². The third kappa shape index (κ3) is 6.57. The zero-order chi connectivity index (χ0) is 29.4. The van der Waals surface area contributed by atoms with Crippen molar-refractivity contribution >= 4 is 68.9 Å². The number of hydrogen-bond acceptors (Lipinski definition) is 5. The van der Waals surface area contributed by atoms with E-state index in [0.29, 0.717) is 22.4 Å². The quantitative estimate of drug-likeness (QED) is 0.119. The van der Waals surface area contributed by atoms with Gasteiger partial charge in [0.05, 0.1) is 15.6 Å². The van der Waals surface area contributed by atoms with Crippen molar-refractivity contribution < 1.29 is 35.4 Å². The molecule has 212 valence electrons. The maximum Gasteiger partial charge on any atom is 0.476 e. The van der Waals surface area contributed by atoms with Crippen LogP contribution in [0.1, 0.15) is 16.8 Å². The Morgan fingerprint density at radius 2 is 1.62 bits per heavy atom. The van der Waals surface area contributed by atoms with Crippen LogP contribution < -0.4 is 5.32 Å². The van der Waals surface area contributed by atoms with Gasteiger partial charge in [-0.1, -0.05) is 52.5 Å². The number of benzene rings is 2. The first kappa shape index (κ1) is 31.3. The number of nitrogens with zero attached hydrogens (tertiary/aromatic N) is 3. The summed E-state index contributed by atoms with van der Waals surface area (Å²) in [7, 11) is -1.47. The van der Waals surface area contributed by atoms with Crippen LogP contribution in [0.3, 0.4) is 0 Å². The number of rotatable bonds is 7. The summed E-state index contributed by atoms with van der Waals surface area (Å²) < 4.78 is 93.6. The Bertz CT molecular complexity index is 1400. The lowest BCUT2D eigenvalue weighted by atomic mass is 10.2. The summed E-state index contributed by atoms with van der Waals surface area (Å²) in [6.07, 6.45) is -4.83. The highest BCUT2D eigenvalue weighted by Crippen LogP contribution is 2.41. The van der Waals surface area contributed by atoms with Gasteiger partial charge in [-0.15, -0.1) is 0 Å². The van der Waals surface area contributed by atoms with Gasteiger partial charge in [-0.2, -0.15) is 31.4 Å². The molecule has 3 rings (SSSR count). The van der Waals surface area contributed by atoms with E-state index in [2.05, 4.69) is 10.4 Å². The fourth-order valence-electron chi connectivity index (χ4n) is 3.21. The minimum Gasteiger partial charge on any atom is -0.372 e. The number of hydroxylamine groups is 2. The third-order valence-corrected chi connectivity index (χ3v) is 7.50. The largest absolute Gasteiger partial charge is 0.476 e. The van der Waals surface area contributed by atoms with Crippen molar-refractivity contribution in [1.82, 2.24) is 14.8 Å². The van der Waals surface area contributed by atoms with Crippen LogP contribution in [0.15, 0.2) is 35.2 Å². The zero-order valence-electron chi connectivity index (χ0n) is 19.4. The monoisotopic (exact) mass is 655 g/mol. The predicted molar refractivity (Wildman–Crippen MR) is 136 cm³/mol. The highest BCUT2D eigenvalue weighted by molar-refractivity contribution is 7.86. The second kappa shape index (κ2) is 11.7. The average molecular weight is 657 g/mol. The normalized spacial score (nSPS) is 12.9. The molecule has 2 aromatic carbocycles. The van der Waals surface area contributed by atoms with E-state index in [1.54, 1.807) is 6.07 Å². The molecule has 0 aliphatic carbocycles. The van der Waals surface area contributed by atoms with Gasteiger partial charge >= 0.3 is 11.7 Å². The Hall–Kier alpha value is -2.23. The molecule has 2 N–H and O–H groups in total. The first-order chi connectivity index (χ1) is 18.0. The zero-order valence-corrected chi connectivity index (χ0v) is 23.3. The Kier molecular flexibility index (Phi) is 9.40. The molecule has 0 aliphatic heterocycles. The number of hydrogen-bond donors (Lipinski definition) is 2. The van der Waals surface area contributed by atoms with Crippen LogP contribution in [0, 0.1) is 5.41 Å². The van der Waals surface area contributed by atoms with Crippen LogP contribution in [0.25, 0.3) is 5.69 Å². The summed E-state index contributed by atoms with van der Waals surface area (Å²) >= 11 is 24.2. The number of halogens is 10. The molecule has 0 bridgehead atoms. The molecule has 39 heavy (non-hydrogen) atoms. The van der Waals surface area contributed by atoms with E-state index in [1.807, 2.05) is 0 Å². The van der Waals surface area contributed by atoms with Crippen LogP contribution in [0.5, 0.6) is 0 Å². The van der Waals surface area contributed by atoms with Crippen LogP contribution in [0.4, 0.5) is 32.2 Å². The highest BCUT2D eigenvalue weighted by Gasteiger charge is 2.44. The van der Waals surface area contributed by atoms with Gasteiger partial charge in [0.15, 0.2) is 16.6 Å². The van der Waals surface area contributed by atoms with Crippen LogP contribution in [-0.2, 0) is 28.4 Å². The molecule has 1 atom stereocenters. The second-order valence-electron chi connectivity index (χ2n) is 7.51. The van der Waals surface area contributed by atoms with E-state index in [1.165, 1.54) is 12.1 Å². The van der Waals surface area contributed by atoms with Gasteiger partial charge in [-0.25, -0.2) is 14.0 Å². The Morgan fingerprint density at radius 3 is 2.08 bits per heavy atom. The molecule has 0 amide bonds. The molecular weight excluding hydrogens is 642 g/mol. The van der Waals surface area contributed by atoms with Crippen molar-refractivity contribution in [2.75, 3.05) is 19.4 Å². The lowest BCUT2D eigenvalue weighted by Crippen LogP contribution is -2.29. The summed E-state index contributed by atoms with van der Waals surface area (Å²) in [6, 6.07) is 5.60. The van der Waals surface area contributed by atoms with Gasteiger partial charge in [-0.05, 0) is 24.3 Å². The molecule has 0 saturated heterocycles. The van der Waals surface area contributed by atoms with E-state index in [-0.39, 0.29) is 16.7 Å². The summed E-state index contributed by atoms with van der Waals surface area (Å²) in [4.78, 5) is 4.41. The van der Waals surface area contributed by atoms with Gasteiger partial charge in [-0.3, -0.25) is 10.2 Å². The minimum absolute atomic E-state index is 0.217. The predicted octanol–water partition coefficient (Wildman–Crippen LogP) is 7.56. The van der Waals surface area contributed by atoms with E-state index in [9.17, 15) is 30.6 Å². The van der Waals surface area contributed by atoms with Gasteiger partial charge in [0.25, 0.3) is 0 Å². The molecule has 18 heteroatoms. The number of anilines is 1. The van der Waals surface area contributed by atoms with Crippen molar-refractivity contribution in [3.8, 4) is 5.69 Å². The summed E-state index contributed by atoms with van der Waals surface area (Å²) in [5.41, 5.74) is -7.48. The smallest absolute Gasteiger partial charge is 0.372 e. The lowest BCUT2D eigenvalue weighted by molar-refractivity contribution is -0.137. The average Bonchev–Trinajstić information content (AvgIpc) is 3.19. The van der Waals surface area contributed by atoms with E-state index in [4.69, 9.17) is 56.7 Å². The molecule has 0 saturated carbocycles. The second-order valence-corrected chi connectivity index (χ2v) is 10.5. The molecule has 1 unspecified atom stereocenters. The maximum absolute atomic E-state index is 13.6. The van der Waals surface area contributed by atoms with Gasteiger partial charge in [0.1, 0.15) is 28.7 Å². The third-order valence-electron chi connectivity index (χ3n) is 5.03. The van der Waals surface area contributed by atoms with Crippen molar-refractivity contribution in [2.24, 2.45) is 0 Å². The lowest BCUT2D eigenvalue weighted by Gasteiger charge is -2.20. The molecular formula is C21H15Cl4F6N5O2S. The Labute approximate surface area is 239 Å². The number of amidine groups is 1. The summed E-state index contributed by atoms with van der Waals surface area (Å²) in [5, 5.41) is 14.6. The molecule has 1 aromatic heterocycles. The van der Waals surface area contributed by atoms with Gasteiger partial charge < -0.3 is 5.32 Å². The molecule has 1 heterocycles. The van der Waals surface area contributed by atoms with Crippen LogP contribution in [0.2, 0.25) is 20.1 Å². The standard InChI is InChI=1S/C21H15Cl4F6N5O2S/c1-33-19-17(39(37)21(29,30)31)15(18(32)35(2)38-8-10-11(22)4-3-5-12(10)23)34-36(19)16-13(24)6-9(7-14(16)25)20(26,27)28/h3-7,32-33H,8H2,1-2H3. The van der Waals surface area contributed by atoms with Gasteiger partial charge in [0, 0.05) is 29.7 Å². The highest BCUT2D eigenvalue weighted by atomic mass is 35.5. The van der Waals surface area contributed by atoms with Gasteiger partial charge in [0.2, 0.25) is 0 Å². The number of nitrogens with one attached hydrogen (secondary N) is 2. The Balaban J connectivity index is 2.15. The maximum atomic E-state index is 13.6. The molecule has 0 spiro atoms. The van der Waals surface area contributed by atoms with E-state index in [0.717, 1.165) is 19.2 Å². The molecule has 0 fully saturated rings. The van der Waals surface area contributed by atoms with Crippen molar-refractivity contribution in [3.05, 3.63) is 67.2 Å². The summed E-state index contributed by atoms with van der Waals surface area (Å²) in [6.45, 7) is -0.314. The number of alkyl halides is 6. The number of aromatic nitrogens is 2. The Morgan fingerprint density at radius 1 is 1.08 bits per heavy atom. The van der Waals surface area contributed by atoms with Crippen molar-refractivity contribution in [2.45, 2.75) is 23.2 Å². The molecule has 7 nitrogen and oxygen atoms in total. The van der Waals surface area contributed by atoms with Crippen molar-refractivity contribution in [3.63, 3.8) is 0 Å². The SMILES string of the molecule is CNc1c(S(=O)C(F)(F)F)c(C(=N)N(C)OCc2c(Cl)cccc2Cl)nn1-c1c(Cl)cc(C(F)(F)F)cc1Cl. The first-order valence-electron chi connectivity index (χ1n) is 10.2. The topological polar surface area (TPSA) is 83.2 Å². The summed E-state index contributed by atoms with van der Waals surface area (Å²) in [5.74, 6) is -1.41. The minimum atomic E-state index is -5.31. The van der Waals surface area contributed by atoms with Crippen LogP contribution in [-0.4, -0.2) is 44.5 Å². The van der Waals surface area contributed by atoms with Crippen molar-refractivity contribution in [1.29, 1.82) is 5.41 Å². The molecule has 0 radical (unpaired) electrons. The fraction of sp³-hybridized carbons (Fsp3) is 0.238. The molecule has 0 aliphatic rings. The van der Waals surface area contributed by atoms with E-state index < -0.39 is 66.0 Å². The first-order valence-corrected chi connectivity index (χ1v) is 12.9. The fourth-order valence-corrected chi connectivity index (χ4v) is 5.27. The molecule has 3 aromatic rings. The van der Waals surface area contributed by atoms with Crippen LogP contribution >= 0.6 is 46.4 Å².